The van der Waals surface area contributed by atoms with E-state index in [4.69, 9.17) is 5.73 Å². The van der Waals surface area contributed by atoms with Gasteiger partial charge in [-0.1, -0.05) is 19.1 Å². The zero-order chi connectivity index (χ0) is 11.5. The van der Waals surface area contributed by atoms with E-state index in [9.17, 15) is 4.39 Å². The van der Waals surface area contributed by atoms with E-state index in [0.29, 0.717) is 0 Å². The highest BCUT2D eigenvalue weighted by molar-refractivity contribution is 5.23. The predicted octanol–water partition coefficient (Wildman–Crippen LogP) is 2.31. The van der Waals surface area contributed by atoms with Gasteiger partial charge in [0.05, 0.1) is 6.04 Å². The molecular formula is C13H19FN2. The van der Waals surface area contributed by atoms with Gasteiger partial charge in [-0.3, -0.25) is 4.90 Å². The first-order valence-corrected chi connectivity index (χ1v) is 5.97. The molecule has 2 nitrogen and oxygen atoms in total. The lowest BCUT2D eigenvalue weighted by atomic mass is 10.0. The van der Waals surface area contributed by atoms with Gasteiger partial charge in [-0.05, 0) is 37.1 Å². The van der Waals surface area contributed by atoms with Crippen LogP contribution in [-0.4, -0.2) is 24.0 Å². The fourth-order valence-corrected chi connectivity index (χ4v) is 2.57. The molecule has 0 saturated carbocycles. The zero-order valence-electron chi connectivity index (χ0n) is 9.70. The molecule has 1 aromatic carbocycles. The van der Waals surface area contributed by atoms with Crippen LogP contribution in [0.15, 0.2) is 24.3 Å². The maximum atomic E-state index is 13.2. The van der Waals surface area contributed by atoms with Gasteiger partial charge in [0.1, 0.15) is 5.82 Å². The first-order chi connectivity index (χ1) is 7.72. The van der Waals surface area contributed by atoms with Gasteiger partial charge in [0.25, 0.3) is 0 Å². The minimum atomic E-state index is -0.173. The molecular weight excluding hydrogens is 203 g/mol. The molecule has 0 radical (unpaired) electrons. The molecule has 0 spiro atoms. The summed E-state index contributed by atoms with van der Waals surface area (Å²) >= 11 is 0. The van der Waals surface area contributed by atoms with Crippen molar-refractivity contribution in [3.05, 3.63) is 35.6 Å². The van der Waals surface area contributed by atoms with Crippen LogP contribution < -0.4 is 5.73 Å². The minimum Gasteiger partial charge on any atom is -0.326 e. The summed E-state index contributed by atoms with van der Waals surface area (Å²) in [5.41, 5.74) is 7.13. The molecule has 1 aromatic rings. The molecule has 1 aliphatic rings. The highest BCUT2D eigenvalue weighted by Crippen LogP contribution is 2.31. The Hall–Kier alpha value is -0.930. The van der Waals surface area contributed by atoms with Gasteiger partial charge in [-0.2, -0.15) is 0 Å². The molecule has 0 aromatic heterocycles. The predicted molar refractivity (Wildman–Crippen MR) is 63.6 cm³/mol. The van der Waals surface area contributed by atoms with Crippen molar-refractivity contribution in [1.29, 1.82) is 0 Å². The Labute approximate surface area is 96.2 Å². The number of likely N-dealkylation sites (tertiary alicyclic amines) is 1. The number of hydrogen-bond donors (Lipinski definition) is 1. The Balaban J connectivity index is 2.22. The van der Waals surface area contributed by atoms with E-state index in [1.165, 1.54) is 6.07 Å². The minimum absolute atomic E-state index is 0.133. The molecule has 88 valence electrons. The van der Waals surface area contributed by atoms with Crippen molar-refractivity contribution in [3.63, 3.8) is 0 Å². The Kier molecular flexibility index (Phi) is 3.56. The zero-order valence-corrected chi connectivity index (χ0v) is 9.70. The Morgan fingerprint density at radius 1 is 1.50 bits per heavy atom. The molecule has 1 heterocycles. The van der Waals surface area contributed by atoms with E-state index in [0.717, 1.165) is 31.5 Å². The van der Waals surface area contributed by atoms with Crippen molar-refractivity contribution in [2.45, 2.75) is 31.8 Å². The van der Waals surface area contributed by atoms with Crippen molar-refractivity contribution in [3.8, 4) is 0 Å². The number of hydrogen-bond acceptors (Lipinski definition) is 2. The summed E-state index contributed by atoms with van der Waals surface area (Å²) in [4.78, 5) is 2.36. The van der Waals surface area contributed by atoms with Crippen LogP contribution >= 0.6 is 0 Å². The molecule has 3 heteroatoms. The molecule has 1 fully saturated rings. The van der Waals surface area contributed by atoms with Crippen molar-refractivity contribution in [2.24, 2.45) is 5.73 Å². The van der Waals surface area contributed by atoms with E-state index < -0.39 is 0 Å². The molecule has 2 rings (SSSR count). The van der Waals surface area contributed by atoms with Crippen LogP contribution in [0.25, 0.3) is 0 Å². The monoisotopic (exact) mass is 222 g/mol. The van der Waals surface area contributed by atoms with Crippen LogP contribution in [0.3, 0.4) is 0 Å². The van der Waals surface area contributed by atoms with E-state index in [-0.39, 0.29) is 17.9 Å². The second-order valence-corrected chi connectivity index (χ2v) is 4.49. The van der Waals surface area contributed by atoms with Crippen LogP contribution in [0.2, 0.25) is 0 Å². The first-order valence-electron chi connectivity index (χ1n) is 5.97. The molecule has 0 aliphatic carbocycles. The third-order valence-corrected chi connectivity index (χ3v) is 3.25. The quantitative estimate of drug-likeness (QED) is 0.850. The van der Waals surface area contributed by atoms with Crippen molar-refractivity contribution < 1.29 is 4.39 Å². The summed E-state index contributed by atoms with van der Waals surface area (Å²) in [6.07, 6.45) is 2.11. The van der Waals surface area contributed by atoms with Crippen LogP contribution in [0.5, 0.6) is 0 Å². The lowest BCUT2D eigenvalue weighted by Crippen LogP contribution is -2.32. The smallest absolute Gasteiger partial charge is 0.123 e. The summed E-state index contributed by atoms with van der Waals surface area (Å²) in [5.74, 6) is -0.173. The van der Waals surface area contributed by atoms with Gasteiger partial charge in [0.2, 0.25) is 0 Å². The van der Waals surface area contributed by atoms with Crippen LogP contribution in [0, 0.1) is 5.82 Å². The molecule has 1 aliphatic heterocycles. The summed E-state index contributed by atoms with van der Waals surface area (Å²) in [7, 11) is 0. The molecule has 16 heavy (non-hydrogen) atoms. The Bertz CT molecular complexity index is 352. The third kappa shape index (κ3) is 2.25. The standard InChI is InChI=1S/C13H19FN2/c1-2-7-16-8-6-12(15)13(16)10-4-3-5-11(14)9-10/h3-5,9,12-13H,2,6-8,15H2,1H3/t12-,13+/m0/s1. The largest absolute Gasteiger partial charge is 0.326 e. The van der Waals surface area contributed by atoms with Crippen LogP contribution in [0.1, 0.15) is 31.4 Å². The average molecular weight is 222 g/mol. The molecule has 0 unspecified atom stereocenters. The lowest BCUT2D eigenvalue weighted by Gasteiger charge is -2.26. The van der Waals surface area contributed by atoms with Crippen molar-refractivity contribution in [2.75, 3.05) is 13.1 Å². The molecule has 2 atom stereocenters. The van der Waals surface area contributed by atoms with Gasteiger partial charge < -0.3 is 5.73 Å². The van der Waals surface area contributed by atoms with Gasteiger partial charge in [-0.15, -0.1) is 0 Å². The lowest BCUT2D eigenvalue weighted by molar-refractivity contribution is 0.248. The van der Waals surface area contributed by atoms with Gasteiger partial charge >= 0.3 is 0 Å². The summed E-state index contributed by atoms with van der Waals surface area (Å²) in [6.45, 7) is 4.22. The van der Waals surface area contributed by atoms with Crippen LogP contribution in [-0.2, 0) is 0 Å². The second kappa shape index (κ2) is 4.93. The van der Waals surface area contributed by atoms with Crippen molar-refractivity contribution in [1.82, 2.24) is 4.90 Å². The average Bonchev–Trinajstić information content (AvgIpc) is 2.60. The maximum absolute atomic E-state index is 13.2. The van der Waals surface area contributed by atoms with Gasteiger partial charge in [0, 0.05) is 12.6 Å². The number of nitrogens with zero attached hydrogens (tertiary/aromatic N) is 1. The normalized spacial score (nSPS) is 26.2. The molecule has 2 N–H and O–H groups in total. The number of halogens is 1. The Morgan fingerprint density at radius 2 is 2.31 bits per heavy atom. The topological polar surface area (TPSA) is 29.3 Å². The van der Waals surface area contributed by atoms with Crippen molar-refractivity contribution >= 4 is 0 Å². The number of benzene rings is 1. The SMILES string of the molecule is CCCN1CC[C@H](N)[C@H]1c1cccc(F)c1. The fraction of sp³-hybridized carbons (Fsp3) is 0.538. The highest BCUT2D eigenvalue weighted by atomic mass is 19.1. The molecule has 1 saturated heterocycles. The molecule has 0 bridgehead atoms. The van der Waals surface area contributed by atoms with E-state index in [1.807, 2.05) is 6.07 Å². The Morgan fingerprint density at radius 3 is 3.00 bits per heavy atom. The second-order valence-electron chi connectivity index (χ2n) is 4.49. The van der Waals surface area contributed by atoms with Crippen LogP contribution in [0.4, 0.5) is 4.39 Å². The molecule has 0 amide bonds. The highest BCUT2D eigenvalue weighted by Gasteiger charge is 2.32. The third-order valence-electron chi connectivity index (χ3n) is 3.25. The summed E-state index contributed by atoms with van der Waals surface area (Å²) in [6, 6.07) is 7.15. The first kappa shape index (κ1) is 11.6. The fourth-order valence-electron chi connectivity index (χ4n) is 2.57. The van der Waals surface area contributed by atoms with E-state index in [2.05, 4.69) is 11.8 Å². The number of nitrogens with two attached hydrogens (primary N) is 1. The summed E-state index contributed by atoms with van der Waals surface area (Å²) in [5, 5.41) is 0. The maximum Gasteiger partial charge on any atom is 0.123 e. The van der Waals surface area contributed by atoms with E-state index >= 15 is 0 Å². The van der Waals surface area contributed by atoms with Gasteiger partial charge in [-0.25, -0.2) is 4.39 Å². The number of rotatable bonds is 3. The van der Waals surface area contributed by atoms with Gasteiger partial charge in [0.15, 0.2) is 0 Å². The summed E-state index contributed by atoms with van der Waals surface area (Å²) < 4.78 is 13.2. The van der Waals surface area contributed by atoms with E-state index in [1.54, 1.807) is 12.1 Å².